The average molecular weight is 293 g/mol. The van der Waals surface area contributed by atoms with E-state index in [9.17, 15) is 4.79 Å². The van der Waals surface area contributed by atoms with Crippen molar-refractivity contribution in [2.45, 2.75) is 38.3 Å². The minimum Gasteiger partial charge on any atom is -0.493 e. The molecule has 1 aromatic rings. The number of hydrogen-bond donors (Lipinski definition) is 2. The molecule has 0 aromatic heterocycles. The van der Waals surface area contributed by atoms with Crippen LogP contribution >= 0.6 is 0 Å². The van der Waals surface area contributed by atoms with Crippen LogP contribution in [0.15, 0.2) is 18.2 Å². The summed E-state index contributed by atoms with van der Waals surface area (Å²) in [4.78, 5) is 10.9. The lowest BCUT2D eigenvalue weighted by atomic mass is 9.86. The van der Waals surface area contributed by atoms with Gasteiger partial charge in [-0.25, -0.2) is 0 Å². The summed E-state index contributed by atoms with van der Waals surface area (Å²) >= 11 is 0. The lowest BCUT2D eigenvalue weighted by molar-refractivity contribution is -0.142. The Labute approximate surface area is 125 Å². The van der Waals surface area contributed by atoms with Gasteiger partial charge in [0.05, 0.1) is 20.1 Å². The number of para-hydroxylation sites is 1. The van der Waals surface area contributed by atoms with Crippen molar-refractivity contribution in [2.24, 2.45) is 5.92 Å². The number of carboxylic acids is 1. The topological polar surface area (TPSA) is 67.8 Å². The summed E-state index contributed by atoms with van der Waals surface area (Å²) in [6, 6.07) is 6.20. The number of rotatable bonds is 6. The molecule has 0 aliphatic heterocycles. The van der Waals surface area contributed by atoms with E-state index in [1.54, 1.807) is 14.2 Å². The van der Waals surface area contributed by atoms with E-state index in [1.807, 2.05) is 18.2 Å². The number of carbonyl (C=O) groups is 1. The zero-order chi connectivity index (χ0) is 15.2. The summed E-state index contributed by atoms with van der Waals surface area (Å²) in [5.74, 6) is 0.649. The lowest BCUT2D eigenvalue weighted by Crippen LogP contribution is -2.34. The molecule has 0 heterocycles. The van der Waals surface area contributed by atoms with Crippen LogP contribution in [0.3, 0.4) is 0 Å². The Morgan fingerprint density at radius 1 is 1.24 bits per heavy atom. The predicted octanol–water partition coefficient (Wildman–Crippen LogP) is 2.44. The largest absolute Gasteiger partial charge is 0.493 e. The van der Waals surface area contributed by atoms with Gasteiger partial charge in [-0.05, 0) is 31.7 Å². The van der Waals surface area contributed by atoms with Crippen LogP contribution in [0, 0.1) is 5.92 Å². The summed E-state index contributed by atoms with van der Waals surface area (Å²) in [7, 11) is 3.27. The molecular weight excluding hydrogens is 270 g/mol. The van der Waals surface area contributed by atoms with Gasteiger partial charge >= 0.3 is 5.97 Å². The number of carboxylic acid groups (broad SMARTS) is 1. The van der Waals surface area contributed by atoms with E-state index in [4.69, 9.17) is 14.6 Å². The van der Waals surface area contributed by atoms with Gasteiger partial charge in [-0.2, -0.15) is 0 Å². The predicted molar refractivity (Wildman–Crippen MR) is 79.8 cm³/mol. The Bertz CT molecular complexity index is 481. The van der Waals surface area contributed by atoms with Crippen LogP contribution in [0.5, 0.6) is 11.5 Å². The molecule has 0 atom stereocenters. The number of nitrogens with one attached hydrogen (secondary N) is 1. The van der Waals surface area contributed by atoms with Crippen LogP contribution < -0.4 is 14.8 Å². The Morgan fingerprint density at radius 3 is 2.52 bits per heavy atom. The molecule has 21 heavy (non-hydrogen) atoms. The van der Waals surface area contributed by atoms with Crippen molar-refractivity contribution in [3.8, 4) is 11.5 Å². The van der Waals surface area contributed by atoms with Crippen molar-refractivity contribution in [3.63, 3.8) is 0 Å². The number of methoxy groups -OCH3 is 2. The summed E-state index contributed by atoms with van der Waals surface area (Å²) in [6.45, 7) is 0.697. The first-order valence-electron chi connectivity index (χ1n) is 7.31. The Hall–Kier alpha value is -1.75. The van der Waals surface area contributed by atoms with Crippen molar-refractivity contribution >= 4 is 5.97 Å². The van der Waals surface area contributed by atoms with Gasteiger partial charge in [0, 0.05) is 18.2 Å². The molecule has 0 spiro atoms. The molecule has 0 saturated heterocycles. The molecule has 2 N–H and O–H groups in total. The van der Waals surface area contributed by atoms with Gasteiger partial charge in [0.15, 0.2) is 11.5 Å². The van der Waals surface area contributed by atoms with Crippen molar-refractivity contribution in [3.05, 3.63) is 23.8 Å². The molecular formula is C16H23NO4. The second-order valence-electron chi connectivity index (χ2n) is 5.42. The maximum Gasteiger partial charge on any atom is 0.306 e. The van der Waals surface area contributed by atoms with Crippen LogP contribution in [0.2, 0.25) is 0 Å². The van der Waals surface area contributed by atoms with Crippen molar-refractivity contribution in [1.82, 2.24) is 5.32 Å². The molecule has 2 rings (SSSR count). The first-order valence-corrected chi connectivity index (χ1v) is 7.31. The first kappa shape index (κ1) is 15.6. The van der Waals surface area contributed by atoms with E-state index in [-0.39, 0.29) is 5.92 Å². The fourth-order valence-electron chi connectivity index (χ4n) is 2.89. The fraction of sp³-hybridized carbons (Fsp3) is 0.562. The third kappa shape index (κ3) is 3.88. The molecule has 0 amide bonds. The van der Waals surface area contributed by atoms with Gasteiger partial charge in [0.1, 0.15) is 0 Å². The second kappa shape index (κ2) is 7.31. The first-order chi connectivity index (χ1) is 10.2. The minimum absolute atomic E-state index is 0.172. The van der Waals surface area contributed by atoms with Gasteiger partial charge < -0.3 is 19.9 Å². The zero-order valence-corrected chi connectivity index (χ0v) is 12.6. The molecule has 1 aliphatic carbocycles. The minimum atomic E-state index is -0.664. The molecule has 0 radical (unpaired) electrons. The molecule has 1 fully saturated rings. The smallest absolute Gasteiger partial charge is 0.306 e. The Kier molecular flexibility index (Phi) is 5.44. The quantitative estimate of drug-likeness (QED) is 0.843. The number of ether oxygens (including phenoxy) is 2. The standard InChI is InChI=1S/C16H23NO4/c1-20-14-5-3-4-12(15(14)21-2)10-17-13-8-6-11(7-9-13)16(18)19/h3-5,11,13,17H,6-10H2,1-2H3,(H,18,19). The highest BCUT2D eigenvalue weighted by Gasteiger charge is 2.25. The van der Waals surface area contributed by atoms with Crippen molar-refractivity contribution in [2.75, 3.05) is 14.2 Å². The van der Waals surface area contributed by atoms with Crippen LogP contribution in [-0.4, -0.2) is 31.3 Å². The van der Waals surface area contributed by atoms with E-state index in [2.05, 4.69) is 5.32 Å². The van der Waals surface area contributed by atoms with E-state index in [0.717, 1.165) is 42.7 Å². The lowest BCUT2D eigenvalue weighted by Gasteiger charge is -2.27. The van der Waals surface area contributed by atoms with Crippen LogP contribution in [0.25, 0.3) is 0 Å². The maximum atomic E-state index is 10.9. The second-order valence-corrected chi connectivity index (χ2v) is 5.42. The Balaban J connectivity index is 1.91. The molecule has 5 nitrogen and oxygen atoms in total. The fourth-order valence-corrected chi connectivity index (χ4v) is 2.89. The zero-order valence-electron chi connectivity index (χ0n) is 12.6. The normalized spacial score (nSPS) is 21.8. The van der Waals surface area contributed by atoms with Crippen LogP contribution in [-0.2, 0) is 11.3 Å². The van der Waals surface area contributed by atoms with Crippen molar-refractivity contribution in [1.29, 1.82) is 0 Å². The van der Waals surface area contributed by atoms with E-state index in [0.29, 0.717) is 12.6 Å². The van der Waals surface area contributed by atoms with Crippen LogP contribution in [0.4, 0.5) is 0 Å². The highest BCUT2D eigenvalue weighted by atomic mass is 16.5. The molecule has 116 valence electrons. The number of benzene rings is 1. The number of hydrogen-bond acceptors (Lipinski definition) is 4. The summed E-state index contributed by atoms with van der Waals surface area (Å²) < 4.78 is 10.7. The van der Waals surface area contributed by atoms with Crippen molar-refractivity contribution < 1.29 is 19.4 Å². The van der Waals surface area contributed by atoms with Crippen LogP contribution in [0.1, 0.15) is 31.2 Å². The third-order valence-electron chi connectivity index (χ3n) is 4.14. The summed E-state index contributed by atoms with van der Waals surface area (Å²) in [5, 5.41) is 12.5. The van der Waals surface area contributed by atoms with Gasteiger partial charge in [-0.1, -0.05) is 12.1 Å². The highest BCUT2D eigenvalue weighted by molar-refractivity contribution is 5.70. The third-order valence-corrected chi connectivity index (χ3v) is 4.14. The number of aliphatic carboxylic acids is 1. The van der Waals surface area contributed by atoms with Gasteiger partial charge in [-0.15, -0.1) is 0 Å². The monoisotopic (exact) mass is 293 g/mol. The average Bonchev–Trinajstić information content (AvgIpc) is 2.52. The van der Waals surface area contributed by atoms with Gasteiger partial charge in [-0.3, -0.25) is 4.79 Å². The molecule has 1 aliphatic rings. The summed E-state index contributed by atoms with van der Waals surface area (Å²) in [5.41, 5.74) is 1.05. The highest BCUT2D eigenvalue weighted by Crippen LogP contribution is 2.31. The molecule has 1 saturated carbocycles. The Morgan fingerprint density at radius 2 is 1.95 bits per heavy atom. The molecule has 5 heteroatoms. The molecule has 0 unspecified atom stereocenters. The maximum absolute atomic E-state index is 10.9. The summed E-state index contributed by atoms with van der Waals surface area (Å²) in [6.07, 6.45) is 3.32. The van der Waals surface area contributed by atoms with Gasteiger partial charge in [0.25, 0.3) is 0 Å². The van der Waals surface area contributed by atoms with E-state index >= 15 is 0 Å². The molecule has 0 bridgehead atoms. The SMILES string of the molecule is COc1cccc(CNC2CCC(C(=O)O)CC2)c1OC. The van der Waals surface area contributed by atoms with Gasteiger partial charge in [0.2, 0.25) is 0 Å². The van der Waals surface area contributed by atoms with E-state index in [1.165, 1.54) is 0 Å². The molecule has 1 aromatic carbocycles. The van der Waals surface area contributed by atoms with E-state index < -0.39 is 5.97 Å².